The van der Waals surface area contributed by atoms with E-state index in [9.17, 15) is 4.79 Å². The van der Waals surface area contributed by atoms with Crippen molar-refractivity contribution in [2.75, 3.05) is 7.05 Å². The molecule has 3 heterocycles. The highest BCUT2D eigenvalue weighted by molar-refractivity contribution is 6.29. The van der Waals surface area contributed by atoms with E-state index in [-0.39, 0.29) is 17.1 Å². The van der Waals surface area contributed by atoms with Gasteiger partial charge in [0.15, 0.2) is 0 Å². The minimum absolute atomic E-state index is 0.173. The predicted octanol–water partition coefficient (Wildman–Crippen LogP) is 1.88. The van der Waals surface area contributed by atoms with Crippen LogP contribution in [0.2, 0.25) is 5.15 Å². The van der Waals surface area contributed by atoms with Crippen LogP contribution in [0.5, 0.6) is 0 Å². The van der Waals surface area contributed by atoms with Gasteiger partial charge in [0.25, 0.3) is 5.91 Å². The fraction of sp³-hybridized carbons (Fsp3) is 0.643. The molecule has 6 heteroatoms. The van der Waals surface area contributed by atoms with Crippen molar-refractivity contribution in [3.8, 4) is 0 Å². The van der Waals surface area contributed by atoms with E-state index in [0.29, 0.717) is 17.8 Å². The molecular formula is C14H19ClN4O. The summed E-state index contributed by atoms with van der Waals surface area (Å²) in [4.78, 5) is 22.6. The van der Waals surface area contributed by atoms with Gasteiger partial charge in [0, 0.05) is 18.1 Å². The van der Waals surface area contributed by atoms with Gasteiger partial charge in [0.05, 0.1) is 12.4 Å². The Morgan fingerprint density at radius 2 is 2.05 bits per heavy atom. The third kappa shape index (κ3) is 2.79. The number of piperidine rings is 2. The van der Waals surface area contributed by atoms with Crippen molar-refractivity contribution in [3.63, 3.8) is 0 Å². The van der Waals surface area contributed by atoms with E-state index in [1.807, 2.05) is 0 Å². The lowest BCUT2D eigenvalue weighted by molar-refractivity contribution is 0.0462. The summed E-state index contributed by atoms with van der Waals surface area (Å²) in [6.45, 7) is 0. The average molecular weight is 295 g/mol. The van der Waals surface area contributed by atoms with Crippen molar-refractivity contribution >= 4 is 17.5 Å². The molecule has 0 radical (unpaired) electrons. The molecule has 0 saturated carbocycles. The van der Waals surface area contributed by atoms with Crippen LogP contribution in [0.3, 0.4) is 0 Å². The normalized spacial score (nSPS) is 30.0. The summed E-state index contributed by atoms with van der Waals surface area (Å²) in [6.07, 6.45) is 8.70. The Bertz CT molecular complexity index is 496. The number of amides is 1. The molecule has 20 heavy (non-hydrogen) atoms. The molecule has 3 rings (SSSR count). The van der Waals surface area contributed by atoms with E-state index in [1.165, 1.54) is 31.7 Å². The Balaban J connectivity index is 1.65. The molecule has 2 atom stereocenters. The zero-order chi connectivity index (χ0) is 14.1. The van der Waals surface area contributed by atoms with Gasteiger partial charge in [-0.1, -0.05) is 18.0 Å². The standard InChI is InChI=1S/C14H19ClN4O/c1-19-10-3-2-4-11(19)6-9(5-10)17-14(20)12-7-16-8-13(15)18-12/h7-11H,2-6H2,1H3,(H,17,20). The number of nitrogens with one attached hydrogen (secondary N) is 1. The number of aromatic nitrogens is 2. The topological polar surface area (TPSA) is 58.1 Å². The van der Waals surface area contributed by atoms with Crippen LogP contribution in [0.15, 0.2) is 12.4 Å². The Morgan fingerprint density at radius 3 is 2.70 bits per heavy atom. The van der Waals surface area contributed by atoms with Gasteiger partial charge < -0.3 is 10.2 Å². The lowest BCUT2D eigenvalue weighted by Crippen LogP contribution is -2.55. The quantitative estimate of drug-likeness (QED) is 0.905. The van der Waals surface area contributed by atoms with Crippen LogP contribution in [0.4, 0.5) is 0 Å². The van der Waals surface area contributed by atoms with E-state index in [4.69, 9.17) is 11.6 Å². The molecule has 0 spiro atoms. The van der Waals surface area contributed by atoms with Crippen molar-refractivity contribution in [1.82, 2.24) is 20.2 Å². The summed E-state index contributed by atoms with van der Waals surface area (Å²) in [6, 6.07) is 1.42. The molecule has 2 aliphatic heterocycles. The maximum absolute atomic E-state index is 12.2. The van der Waals surface area contributed by atoms with E-state index < -0.39 is 0 Å². The summed E-state index contributed by atoms with van der Waals surface area (Å²) in [5.74, 6) is -0.173. The first-order chi connectivity index (χ1) is 9.63. The van der Waals surface area contributed by atoms with Gasteiger partial charge in [-0.25, -0.2) is 4.98 Å². The van der Waals surface area contributed by atoms with Crippen LogP contribution in [0.1, 0.15) is 42.6 Å². The molecule has 108 valence electrons. The van der Waals surface area contributed by atoms with Crippen LogP contribution < -0.4 is 5.32 Å². The Morgan fingerprint density at radius 1 is 1.35 bits per heavy atom. The Hall–Kier alpha value is -1.20. The smallest absolute Gasteiger partial charge is 0.271 e. The highest BCUT2D eigenvalue weighted by Gasteiger charge is 2.36. The van der Waals surface area contributed by atoms with Crippen molar-refractivity contribution in [3.05, 3.63) is 23.2 Å². The van der Waals surface area contributed by atoms with Gasteiger partial charge in [-0.3, -0.25) is 9.78 Å². The van der Waals surface area contributed by atoms with Crippen molar-refractivity contribution in [1.29, 1.82) is 0 Å². The molecule has 0 aromatic carbocycles. The molecular weight excluding hydrogens is 276 g/mol. The molecule has 5 nitrogen and oxygen atoms in total. The number of halogens is 1. The first kappa shape index (κ1) is 13.8. The highest BCUT2D eigenvalue weighted by atomic mass is 35.5. The number of fused-ring (bicyclic) bond motifs is 2. The van der Waals surface area contributed by atoms with E-state index in [2.05, 4.69) is 27.2 Å². The molecule has 1 aromatic rings. The molecule has 2 aliphatic rings. The second-order valence-corrected chi connectivity index (χ2v) is 6.16. The lowest BCUT2D eigenvalue weighted by atomic mass is 9.82. The molecule has 2 bridgehead atoms. The van der Waals surface area contributed by atoms with Crippen molar-refractivity contribution < 1.29 is 4.79 Å². The monoisotopic (exact) mass is 294 g/mol. The molecule has 0 aliphatic carbocycles. The predicted molar refractivity (Wildman–Crippen MR) is 76.7 cm³/mol. The van der Waals surface area contributed by atoms with Crippen LogP contribution in [0.25, 0.3) is 0 Å². The van der Waals surface area contributed by atoms with E-state index in [0.717, 1.165) is 12.8 Å². The summed E-state index contributed by atoms with van der Waals surface area (Å²) in [5, 5.41) is 3.33. The van der Waals surface area contributed by atoms with Gasteiger partial charge in [0.1, 0.15) is 10.8 Å². The van der Waals surface area contributed by atoms with Crippen molar-refractivity contribution in [2.24, 2.45) is 0 Å². The van der Waals surface area contributed by atoms with Crippen LogP contribution in [0, 0.1) is 0 Å². The molecule has 2 unspecified atom stereocenters. The van der Waals surface area contributed by atoms with Gasteiger partial charge in [-0.15, -0.1) is 0 Å². The fourth-order valence-electron chi connectivity index (χ4n) is 3.44. The first-order valence-electron chi connectivity index (χ1n) is 7.14. The number of carbonyl (C=O) groups excluding carboxylic acids is 1. The van der Waals surface area contributed by atoms with Gasteiger partial charge in [-0.05, 0) is 32.7 Å². The first-order valence-corrected chi connectivity index (χ1v) is 7.51. The molecule has 2 fully saturated rings. The number of nitrogens with zero attached hydrogens (tertiary/aromatic N) is 3. The zero-order valence-electron chi connectivity index (χ0n) is 11.6. The number of carbonyl (C=O) groups is 1. The van der Waals surface area contributed by atoms with Gasteiger partial charge in [-0.2, -0.15) is 0 Å². The lowest BCUT2D eigenvalue weighted by Gasteiger charge is -2.47. The Labute approximate surface area is 123 Å². The maximum Gasteiger partial charge on any atom is 0.271 e. The summed E-state index contributed by atoms with van der Waals surface area (Å²) >= 11 is 5.77. The summed E-state index contributed by atoms with van der Waals surface area (Å²) in [7, 11) is 2.20. The average Bonchev–Trinajstić information content (AvgIpc) is 2.40. The van der Waals surface area contributed by atoms with Crippen LogP contribution in [-0.4, -0.2) is 45.9 Å². The van der Waals surface area contributed by atoms with Gasteiger partial charge >= 0.3 is 0 Å². The Kier molecular flexibility index (Phi) is 3.89. The maximum atomic E-state index is 12.2. The second-order valence-electron chi connectivity index (χ2n) is 5.77. The minimum atomic E-state index is -0.173. The molecule has 1 N–H and O–H groups in total. The SMILES string of the molecule is CN1C2CCCC1CC(NC(=O)c1cncc(Cl)n1)C2. The number of hydrogen-bond acceptors (Lipinski definition) is 4. The molecule has 2 saturated heterocycles. The van der Waals surface area contributed by atoms with E-state index >= 15 is 0 Å². The van der Waals surface area contributed by atoms with E-state index in [1.54, 1.807) is 0 Å². The highest BCUT2D eigenvalue weighted by Crippen LogP contribution is 2.32. The summed E-state index contributed by atoms with van der Waals surface area (Å²) in [5.41, 5.74) is 0.293. The number of rotatable bonds is 2. The van der Waals surface area contributed by atoms with Gasteiger partial charge in [0.2, 0.25) is 0 Å². The minimum Gasteiger partial charge on any atom is -0.348 e. The molecule has 1 aromatic heterocycles. The molecule has 1 amide bonds. The zero-order valence-corrected chi connectivity index (χ0v) is 12.3. The van der Waals surface area contributed by atoms with Crippen LogP contribution >= 0.6 is 11.6 Å². The number of hydrogen-bond donors (Lipinski definition) is 1. The second kappa shape index (κ2) is 5.66. The van der Waals surface area contributed by atoms with Crippen LogP contribution in [-0.2, 0) is 0 Å². The van der Waals surface area contributed by atoms with Crippen molar-refractivity contribution in [2.45, 2.75) is 50.2 Å². The third-order valence-corrected chi connectivity index (χ3v) is 4.69. The third-order valence-electron chi connectivity index (χ3n) is 4.51. The largest absolute Gasteiger partial charge is 0.348 e. The fourth-order valence-corrected chi connectivity index (χ4v) is 3.59. The summed E-state index contributed by atoms with van der Waals surface area (Å²) < 4.78 is 0.